The molecule has 1 N–H and O–H groups in total. The van der Waals surface area contributed by atoms with Gasteiger partial charge in [-0.25, -0.2) is 9.97 Å². The first-order valence-corrected chi connectivity index (χ1v) is 6.21. The van der Waals surface area contributed by atoms with Crippen molar-refractivity contribution in [3.8, 4) is 0 Å². The molecule has 0 spiro atoms. The second-order valence-electron chi connectivity index (χ2n) is 4.71. The van der Waals surface area contributed by atoms with Crippen molar-refractivity contribution < 1.29 is 0 Å². The summed E-state index contributed by atoms with van der Waals surface area (Å²) in [6.45, 7) is 7.25. The van der Waals surface area contributed by atoms with Gasteiger partial charge in [0.1, 0.15) is 6.33 Å². The van der Waals surface area contributed by atoms with Crippen molar-refractivity contribution in [1.82, 2.24) is 15.3 Å². The average molecular weight is 241 g/mol. The first-order valence-electron chi connectivity index (χ1n) is 6.21. The van der Waals surface area contributed by atoms with Crippen LogP contribution < -0.4 is 5.32 Å². The van der Waals surface area contributed by atoms with E-state index in [0.717, 1.165) is 12.1 Å². The second kappa shape index (κ2) is 5.74. The van der Waals surface area contributed by atoms with Crippen molar-refractivity contribution in [2.24, 2.45) is 0 Å². The van der Waals surface area contributed by atoms with Gasteiger partial charge < -0.3 is 5.32 Å². The van der Waals surface area contributed by atoms with Crippen LogP contribution in [-0.4, -0.2) is 9.97 Å². The summed E-state index contributed by atoms with van der Waals surface area (Å²) in [5.74, 6) is 0. The maximum absolute atomic E-state index is 4.02. The summed E-state index contributed by atoms with van der Waals surface area (Å²) in [4.78, 5) is 8.03. The Hall–Kier alpha value is -1.74. The SMILES string of the molecule is Cc1ccc(C)c(C(C)NCc2cncnc2)c1. The minimum absolute atomic E-state index is 0.324. The number of hydrogen-bond acceptors (Lipinski definition) is 3. The standard InChI is InChI=1S/C15H19N3/c1-11-4-5-12(2)15(6-11)13(3)18-9-14-7-16-10-17-8-14/h4-8,10,13,18H,9H2,1-3H3. The van der Waals surface area contributed by atoms with Crippen LogP contribution in [0.3, 0.4) is 0 Å². The summed E-state index contributed by atoms with van der Waals surface area (Å²) in [6.07, 6.45) is 5.24. The molecule has 1 heterocycles. The van der Waals surface area contributed by atoms with Gasteiger partial charge in [0, 0.05) is 30.5 Å². The van der Waals surface area contributed by atoms with Crippen LogP contribution in [0.15, 0.2) is 36.9 Å². The predicted octanol–water partition coefficient (Wildman–Crippen LogP) is 2.94. The zero-order valence-corrected chi connectivity index (χ0v) is 11.1. The van der Waals surface area contributed by atoms with E-state index in [2.05, 4.69) is 54.3 Å². The molecule has 0 saturated heterocycles. The lowest BCUT2D eigenvalue weighted by molar-refractivity contribution is 0.570. The first kappa shape index (κ1) is 12.7. The second-order valence-corrected chi connectivity index (χ2v) is 4.71. The van der Waals surface area contributed by atoms with E-state index in [1.54, 1.807) is 6.33 Å². The fourth-order valence-electron chi connectivity index (χ4n) is 2.03. The molecule has 0 aliphatic carbocycles. The van der Waals surface area contributed by atoms with Gasteiger partial charge in [-0.2, -0.15) is 0 Å². The van der Waals surface area contributed by atoms with Gasteiger partial charge in [-0.3, -0.25) is 0 Å². The van der Waals surface area contributed by atoms with E-state index in [1.165, 1.54) is 16.7 Å². The minimum atomic E-state index is 0.324. The van der Waals surface area contributed by atoms with Crippen molar-refractivity contribution in [1.29, 1.82) is 0 Å². The average Bonchev–Trinajstić information content (AvgIpc) is 2.40. The van der Waals surface area contributed by atoms with Crippen molar-refractivity contribution in [3.05, 3.63) is 59.2 Å². The molecule has 3 nitrogen and oxygen atoms in total. The predicted molar refractivity (Wildman–Crippen MR) is 73.2 cm³/mol. The van der Waals surface area contributed by atoms with E-state index in [1.807, 2.05) is 12.4 Å². The van der Waals surface area contributed by atoms with Crippen molar-refractivity contribution in [2.75, 3.05) is 0 Å². The lowest BCUT2D eigenvalue weighted by atomic mass is 10.00. The van der Waals surface area contributed by atoms with Gasteiger partial charge >= 0.3 is 0 Å². The molecule has 1 aromatic heterocycles. The molecule has 18 heavy (non-hydrogen) atoms. The van der Waals surface area contributed by atoms with Crippen LogP contribution in [-0.2, 0) is 6.54 Å². The molecular formula is C15H19N3. The van der Waals surface area contributed by atoms with E-state index >= 15 is 0 Å². The Morgan fingerprint density at radius 1 is 1.17 bits per heavy atom. The number of hydrogen-bond donors (Lipinski definition) is 1. The number of aryl methyl sites for hydroxylation is 2. The third kappa shape index (κ3) is 3.14. The zero-order valence-electron chi connectivity index (χ0n) is 11.1. The van der Waals surface area contributed by atoms with Gasteiger partial charge in [0.15, 0.2) is 0 Å². The Morgan fingerprint density at radius 3 is 2.61 bits per heavy atom. The lowest BCUT2D eigenvalue weighted by Crippen LogP contribution is -2.19. The number of nitrogens with one attached hydrogen (secondary N) is 1. The Morgan fingerprint density at radius 2 is 1.89 bits per heavy atom. The largest absolute Gasteiger partial charge is 0.306 e. The van der Waals surface area contributed by atoms with Gasteiger partial charge in [0.25, 0.3) is 0 Å². The Balaban J connectivity index is 2.03. The third-order valence-corrected chi connectivity index (χ3v) is 3.13. The topological polar surface area (TPSA) is 37.8 Å². The van der Waals surface area contributed by atoms with Gasteiger partial charge in [-0.1, -0.05) is 23.8 Å². The van der Waals surface area contributed by atoms with Crippen molar-refractivity contribution in [3.63, 3.8) is 0 Å². The normalized spacial score (nSPS) is 12.4. The van der Waals surface area contributed by atoms with Gasteiger partial charge in [-0.05, 0) is 31.9 Å². The summed E-state index contributed by atoms with van der Waals surface area (Å²) in [6, 6.07) is 6.89. The minimum Gasteiger partial charge on any atom is -0.306 e. The molecule has 1 atom stereocenters. The van der Waals surface area contributed by atoms with Crippen LogP contribution >= 0.6 is 0 Å². The monoisotopic (exact) mass is 241 g/mol. The van der Waals surface area contributed by atoms with Crippen LogP contribution in [0.4, 0.5) is 0 Å². The van der Waals surface area contributed by atoms with Crippen LogP contribution in [0.5, 0.6) is 0 Å². The van der Waals surface area contributed by atoms with E-state index in [9.17, 15) is 0 Å². The Kier molecular flexibility index (Phi) is 4.05. The highest BCUT2D eigenvalue weighted by Gasteiger charge is 2.08. The maximum atomic E-state index is 4.02. The van der Waals surface area contributed by atoms with E-state index in [0.29, 0.717) is 6.04 Å². The number of rotatable bonds is 4. The van der Waals surface area contributed by atoms with E-state index < -0.39 is 0 Å². The number of aromatic nitrogens is 2. The maximum Gasteiger partial charge on any atom is 0.115 e. The molecule has 2 rings (SSSR count). The molecule has 0 radical (unpaired) electrons. The molecule has 2 aromatic rings. The summed E-state index contributed by atoms with van der Waals surface area (Å²) < 4.78 is 0. The number of nitrogens with zero attached hydrogens (tertiary/aromatic N) is 2. The van der Waals surface area contributed by atoms with Crippen LogP contribution in [0.25, 0.3) is 0 Å². The van der Waals surface area contributed by atoms with Gasteiger partial charge in [0.05, 0.1) is 0 Å². The number of benzene rings is 1. The van der Waals surface area contributed by atoms with Crippen LogP contribution in [0.1, 0.15) is 35.2 Å². The fourth-order valence-corrected chi connectivity index (χ4v) is 2.03. The molecule has 0 bridgehead atoms. The van der Waals surface area contributed by atoms with Gasteiger partial charge in [0.2, 0.25) is 0 Å². The Labute approximate surface area is 108 Å². The summed E-state index contributed by atoms with van der Waals surface area (Å²) >= 11 is 0. The summed E-state index contributed by atoms with van der Waals surface area (Å²) in [5.41, 5.74) is 5.08. The first-order chi connectivity index (χ1) is 8.66. The molecule has 94 valence electrons. The molecule has 0 aliphatic rings. The van der Waals surface area contributed by atoms with Crippen molar-refractivity contribution in [2.45, 2.75) is 33.4 Å². The highest BCUT2D eigenvalue weighted by atomic mass is 14.9. The highest BCUT2D eigenvalue weighted by Crippen LogP contribution is 2.19. The zero-order chi connectivity index (χ0) is 13.0. The van der Waals surface area contributed by atoms with Crippen LogP contribution in [0, 0.1) is 13.8 Å². The fraction of sp³-hybridized carbons (Fsp3) is 0.333. The third-order valence-electron chi connectivity index (χ3n) is 3.13. The summed E-state index contributed by atoms with van der Waals surface area (Å²) in [7, 11) is 0. The quantitative estimate of drug-likeness (QED) is 0.894. The highest BCUT2D eigenvalue weighted by molar-refractivity contribution is 5.32. The summed E-state index contributed by atoms with van der Waals surface area (Å²) in [5, 5.41) is 3.50. The van der Waals surface area contributed by atoms with E-state index in [4.69, 9.17) is 0 Å². The molecule has 1 unspecified atom stereocenters. The molecule has 0 amide bonds. The molecule has 0 aliphatic heterocycles. The van der Waals surface area contributed by atoms with Gasteiger partial charge in [-0.15, -0.1) is 0 Å². The van der Waals surface area contributed by atoms with Crippen LogP contribution in [0.2, 0.25) is 0 Å². The van der Waals surface area contributed by atoms with Crippen molar-refractivity contribution >= 4 is 0 Å². The smallest absolute Gasteiger partial charge is 0.115 e. The Bertz CT molecular complexity index is 508. The molecule has 3 heteroatoms. The molecule has 1 aromatic carbocycles. The van der Waals surface area contributed by atoms with E-state index in [-0.39, 0.29) is 0 Å². The molecule has 0 fully saturated rings. The molecule has 0 saturated carbocycles. The molecular weight excluding hydrogens is 222 g/mol. The lowest BCUT2D eigenvalue weighted by Gasteiger charge is -2.17.